The van der Waals surface area contributed by atoms with E-state index in [0.29, 0.717) is 11.1 Å². The first-order valence-corrected chi connectivity index (χ1v) is 7.93. The summed E-state index contributed by atoms with van der Waals surface area (Å²) < 4.78 is 15.9. The second kappa shape index (κ2) is 5.76. The van der Waals surface area contributed by atoms with Crippen LogP contribution in [0.3, 0.4) is 0 Å². The number of hydrogen-bond donors (Lipinski definition) is 2. The molecule has 0 spiro atoms. The molecule has 1 saturated heterocycles. The van der Waals surface area contributed by atoms with Gasteiger partial charge in [-0.05, 0) is 24.6 Å². The zero-order valence-corrected chi connectivity index (χ0v) is 13.3. The summed E-state index contributed by atoms with van der Waals surface area (Å²) in [7, 11) is 0. The highest BCUT2D eigenvalue weighted by atomic mass is 19.1. The number of halogens is 1. The van der Waals surface area contributed by atoms with E-state index in [1.54, 1.807) is 25.4 Å². The van der Waals surface area contributed by atoms with E-state index in [2.05, 4.69) is 20.3 Å². The van der Waals surface area contributed by atoms with Gasteiger partial charge in [0.25, 0.3) is 0 Å². The lowest BCUT2D eigenvalue weighted by molar-refractivity contribution is 0.430. The maximum Gasteiger partial charge on any atom is 0.190 e. The summed E-state index contributed by atoms with van der Waals surface area (Å²) in [6.07, 6.45) is 3.41. The number of phenolic OH excluding ortho intramolecular Hbond substituents is 1. The molecule has 2 N–H and O–H groups in total. The molecule has 0 radical (unpaired) electrons. The monoisotopic (exact) mass is 327 g/mol. The van der Waals surface area contributed by atoms with Crippen LogP contribution in [-0.4, -0.2) is 46.1 Å². The highest BCUT2D eigenvalue weighted by Gasteiger charge is 2.17. The van der Waals surface area contributed by atoms with Gasteiger partial charge < -0.3 is 15.3 Å². The Morgan fingerprint density at radius 2 is 2.00 bits per heavy atom. The van der Waals surface area contributed by atoms with E-state index >= 15 is 0 Å². The molecule has 24 heavy (non-hydrogen) atoms. The minimum absolute atomic E-state index is 0.252. The van der Waals surface area contributed by atoms with Crippen LogP contribution in [0.5, 0.6) is 5.75 Å². The van der Waals surface area contributed by atoms with Crippen molar-refractivity contribution in [3.63, 3.8) is 0 Å². The summed E-state index contributed by atoms with van der Waals surface area (Å²) in [4.78, 5) is 6.74. The molecule has 0 saturated carbocycles. The van der Waals surface area contributed by atoms with E-state index in [9.17, 15) is 9.50 Å². The Kier molecular flexibility index (Phi) is 3.57. The number of nitrogens with one attached hydrogen (secondary N) is 1. The van der Waals surface area contributed by atoms with Crippen molar-refractivity contribution >= 4 is 16.7 Å². The third kappa shape index (κ3) is 2.37. The van der Waals surface area contributed by atoms with E-state index in [0.717, 1.165) is 37.4 Å². The number of hydrogen-bond acceptors (Lipinski definition) is 5. The van der Waals surface area contributed by atoms with Gasteiger partial charge in [-0.25, -0.2) is 14.1 Å². The molecule has 1 aliphatic heterocycles. The third-order valence-corrected chi connectivity index (χ3v) is 4.39. The maximum atomic E-state index is 14.4. The zero-order valence-electron chi connectivity index (χ0n) is 13.3. The first-order chi connectivity index (χ1) is 11.6. The van der Waals surface area contributed by atoms with Crippen molar-refractivity contribution in [2.24, 2.45) is 0 Å². The van der Waals surface area contributed by atoms with Crippen LogP contribution in [-0.2, 0) is 0 Å². The van der Waals surface area contributed by atoms with Crippen molar-refractivity contribution in [2.75, 3.05) is 31.1 Å². The Morgan fingerprint density at radius 3 is 2.79 bits per heavy atom. The Balaban J connectivity index is 1.80. The molecule has 124 valence electrons. The molecule has 6 nitrogen and oxygen atoms in total. The number of rotatable bonds is 2. The van der Waals surface area contributed by atoms with E-state index in [1.807, 2.05) is 6.07 Å². The quantitative estimate of drug-likeness (QED) is 0.753. The van der Waals surface area contributed by atoms with Gasteiger partial charge in [0, 0.05) is 31.6 Å². The van der Waals surface area contributed by atoms with Crippen molar-refractivity contribution in [3.05, 3.63) is 42.0 Å². The van der Waals surface area contributed by atoms with Crippen molar-refractivity contribution in [3.8, 4) is 11.4 Å². The van der Waals surface area contributed by atoms with Gasteiger partial charge >= 0.3 is 0 Å². The van der Waals surface area contributed by atoms with Gasteiger partial charge in [0.1, 0.15) is 11.5 Å². The molecule has 7 heteroatoms. The Labute approximate surface area is 138 Å². The predicted molar refractivity (Wildman–Crippen MR) is 90.3 cm³/mol. The normalized spacial score (nSPS) is 15.2. The highest BCUT2D eigenvalue weighted by Crippen LogP contribution is 2.29. The summed E-state index contributed by atoms with van der Waals surface area (Å²) in [6.45, 7) is 5.48. The largest absolute Gasteiger partial charge is 0.505 e. The summed E-state index contributed by atoms with van der Waals surface area (Å²) in [5, 5.41) is 18.2. The number of aromatic hydroxyl groups is 1. The molecule has 4 rings (SSSR count). The lowest BCUT2D eigenvalue weighted by atomic mass is 10.1. The molecule has 0 amide bonds. The van der Waals surface area contributed by atoms with Crippen molar-refractivity contribution in [1.82, 2.24) is 20.1 Å². The highest BCUT2D eigenvalue weighted by molar-refractivity contribution is 5.82. The fraction of sp³-hybridized carbons (Fsp3) is 0.294. The van der Waals surface area contributed by atoms with Crippen molar-refractivity contribution < 1.29 is 9.50 Å². The van der Waals surface area contributed by atoms with Crippen molar-refractivity contribution in [2.45, 2.75) is 6.92 Å². The Bertz CT molecular complexity index is 901. The number of aryl methyl sites for hydroxylation is 1. The zero-order chi connectivity index (χ0) is 16.7. The molecular weight excluding hydrogens is 309 g/mol. The molecule has 0 bridgehead atoms. The number of phenols is 1. The van der Waals surface area contributed by atoms with Crippen LogP contribution < -0.4 is 10.2 Å². The minimum Gasteiger partial charge on any atom is -0.505 e. The average molecular weight is 327 g/mol. The molecule has 0 atom stereocenters. The van der Waals surface area contributed by atoms with Crippen molar-refractivity contribution in [1.29, 1.82) is 0 Å². The molecule has 1 aliphatic rings. The Morgan fingerprint density at radius 1 is 1.21 bits per heavy atom. The van der Waals surface area contributed by atoms with Gasteiger partial charge in [-0.15, -0.1) is 0 Å². The predicted octanol–water partition coefficient (Wildman–Crippen LogP) is 1.98. The number of benzene rings is 1. The number of piperazine rings is 1. The first kappa shape index (κ1) is 14.9. The van der Waals surface area contributed by atoms with Gasteiger partial charge in [0.2, 0.25) is 0 Å². The van der Waals surface area contributed by atoms with Crippen LogP contribution >= 0.6 is 0 Å². The fourth-order valence-electron chi connectivity index (χ4n) is 3.07. The fourth-order valence-corrected chi connectivity index (χ4v) is 3.07. The van der Waals surface area contributed by atoms with Gasteiger partial charge in [0.05, 0.1) is 17.9 Å². The molecule has 3 heterocycles. The number of anilines is 1. The van der Waals surface area contributed by atoms with Gasteiger partial charge in [0.15, 0.2) is 11.6 Å². The van der Waals surface area contributed by atoms with Gasteiger partial charge in [-0.3, -0.25) is 0 Å². The van der Waals surface area contributed by atoms with E-state index in [-0.39, 0.29) is 11.4 Å². The van der Waals surface area contributed by atoms with Crippen LogP contribution in [0.4, 0.5) is 10.2 Å². The summed E-state index contributed by atoms with van der Waals surface area (Å²) >= 11 is 0. The maximum absolute atomic E-state index is 14.4. The lowest BCUT2D eigenvalue weighted by Gasteiger charge is -2.28. The number of fused-ring (bicyclic) bond motifs is 1. The van der Waals surface area contributed by atoms with Crippen LogP contribution in [0.1, 0.15) is 5.56 Å². The van der Waals surface area contributed by atoms with Crippen LogP contribution in [0.2, 0.25) is 0 Å². The smallest absolute Gasteiger partial charge is 0.190 e. The second-order valence-electron chi connectivity index (χ2n) is 5.96. The molecule has 0 aliphatic carbocycles. The molecule has 2 aromatic heterocycles. The van der Waals surface area contributed by atoms with E-state index in [1.165, 1.54) is 10.7 Å². The lowest BCUT2D eigenvalue weighted by Crippen LogP contribution is -2.43. The molecular formula is C17H18FN5O. The average Bonchev–Trinajstić information content (AvgIpc) is 3.02. The van der Waals surface area contributed by atoms with Crippen LogP contribution in [0, 0.1) is 12.7 Å². The van der Waals surface area contributed by atoms with Crippen LogP contribution in [0.25, 0.3) is 16.6 Å². The summed E-state index contributed by atoms with van der Waals surface area (Å²) in [5.41, 5.74) is 1.66. The standard InChI is InChI=1S/C17H18FN5O/c1-11-2-3-14(24)16(18)17(11)23-13-10-20-15(8-12(13)9-21-23)22-6-4-19-5-7-22/h2-3,8-10,19,24H,4-7H2,1H3. The first-order valence-electron chi connectivity index (χ1n) is 7.93. The number of pyridine rings is 1. The van der Waals surface area contributed by atoms with E-state index in [4.69, 9.17) is 0 Å². The van der Waals surface area contributed by atoms with Gasteiger partial charge in [-0.2, -0.15) is 5.10 Å². The van der Waals surface area contributed by atoms with Crippen LogP contribution in [0.15, 0.2) is 30.6 Å². The Hall–Kier alpha value is -2.67. The SMILES string of the molecule is Cc1ccc(O)c(F)c1-n1ncc2cc(N3CCNCC3)ncc21. The van der Waals surface area contributed by atoms with Gasteiger partial charge in [-0.1, -0.05) is 6.07 Å². The molecule has 1 fully saturated rings. The topological polar surface area (TPSA) is 66.2 Å². The number of nitrogens with zero attached hydrogens (tertiary/aromatic N) is 4. The second-order valence-corrected chi connectivity index (χ2v) is 5.96. The molecule has 3 aromatic rings. The number of aromatic nitrogens is 3. The minimum atomic E-state index is -0.675. The molecule has 1 aromatic carbocycles. The summed E-state index contributed by atoms with van der Waals surface area (Å²) in [5.74, 6) is -0.160. The molecule has 0 unspecified atom stereocenters. The summed E-state index contributed by atoms with van der Waals surface area (Å²) in [6, 6.07) is 4.99. The third-order valence-electron chi connectivity index (χ3n) is 4.39. The van der Waals surface area contributed by atoms with E-state index < -0.39 is 5.82 Å².